The van der Waals surface area contributed by atoms with Gasteiger partial charge < -0.3 is 9.84 Å². The fraction of sp³-hybridized carbons (Fsp3) is 0.417. The van der Waals surface area contributed by atoms with Gasteiger partial charge in [-0.1, -0.05) is 25.4 Å². The maximum Gasteiger partial charge on any atom is 0.339 e. The van der Waals surface area contributed by atoms with Crippen molar-refractivity contribution in [3.05, 3.63) is 28.7 Å². The van der Waals surface area contributed by atoms with Crippen LogP contribution in [0, 0.1) is 5.92 Å². The van der Waals surface area contributed by atoms with E-state index < -0.39 is 12.1 Å². The van der Waals surface area contributed by atoms with Gasteiger partial charge in [-0.25, -0.2) is 14.3 Å². The van der Waals surface area contributed by atoms with Gasteiger partial charge in [-0.3, -0.25) is 0 Å². The summed E-state index contributed by atoms with van der Waals surface area (Å²) in [4.78, 5) is 15.4. The number of hydrogen-bond acceptors (Lipinski definition) is 4. The molecule has 2 aromatic heterocycles. The Hall–Kier alpha value is -1.66. The summed E-state index contributed by atoms with van der Waals surface area (Å²) in [5.41, 5.74) is 1.00. The number of nitrogens with zero attached hydrogens (tertiary/aromatic N) is 3. The van der Waals surface area contributed by atoms with Crippen molar-refractivity contribution in [2.75, 3.05) is 7.11 Å². The number of methoxy groups -OCH3 is 1. The molecule has 1 unspecified atom stereocenters. The van der Waals surface area contributed by atoms with E-state index in [9.17, 15) is 9.90 Å². The summed E-state index contributed by atoms with van der Waals surface area (Å²) in [5, 5.41) is 13.6. The van der Waals surface area contributed by atoms with Gasteiger partial charge in [0, 0.05) is 19.4 Å². The number of hydrogen-bond donors (Lipinski definition) is 1. The molecule has 102 valence electrons. The minimum atomic E-state index is -1.07. The van der Waals surface area contributed by atoms with E-state index in [1.807, 2.05) is 13.8 Å². The highest BCUT2D eigenvalue weighted by atomic mass is 35.5. The number of aromatic carboxylic acids is 1. The van der Waals surface area contributed by atoms with Gasteiger partial charge >= 0.3 is 5.97 Å². The lowest BCUT2D eigenvalue weighted by atomic mass is 10.0. The predicted octanol–water partition coefficient (Wildman–Crippen LogP) is 2.42. The second-order valence-corrected chi connectivity index (χ2v) is 4.89. The van der Waals surface area contributed by atoms with Crippen LogP contribution in [0.1, 0.15) is 36.0 Å². The molecule has 6 nitrogen and oxygen atoms in total. The maximum absolute atomic E-state index is 11.3. The highest BCUT2D eigenvalue weighted by Gasteiger charge is 2.26. The summed E-state index contributed by atoms with van der Waals surface area (Å²) < 4.78 is 6.84. The third kappa shape index (κ3) is 2.41. The molecule has 1 atom stereocenters. The van der Waals surface area contributed by atoms with Crippen LogP contribution in [0.15, 0.2) is 12.3 Å². The summed E-state index contributed by atoms with van der Waals surface area (Å²) in [6.45, 7) is 3.88. The molecular weight excluding hydrogens is 270 g/mol. The first-order valence-corrected chi connectivity index (χ1v) is 6.13. The Labute approximate surface area is 115 Å². The monoisotopic (exact) mass is 283 g/mol. The summed E-state index contributed by atoms with van der Waals surface area (Å²) in [5.74, 6) is -0.990. The molecule has 0 aliphatic heterocycles. The lowest BCUT2D eigenvalue weighted by Gasteiger charge is -2.21. The van der Waals surface area contributed by atoms with E-state index in [1.165, 1.54) is 17.8 Å². The number of fused-ring (bicyclic) bond motifs is 1. The number of carbonyl (C=O) groups is 1. The van der Waals surface area contributed by atoms with Crippen molar-refractivity contribution >= 4 is 23.2 Å². The van der Waals surface area contributed by atoms with Crippen molar-refractivity contribution in [1.29, 1.82) is 0 Å². The molecule has 0 saturated heterocycles. The number of carboxylic acids is 1. The second kappa shape index (κ2) is 5.14. The number of ether oxygens (including phenoxy) is 1. The van der Waals surface area contributed by atoms with Gasteiger partial charge in [0.2, 0.25) is 0 Å². The number of halogens is 1. The molecule has 1 N–H and O–H groups in total. The molecule has 0 bridgehead atoms. The standard InChI is InChI=1S/C12H14ClN3O3/c1-6(2)11(19-3)10-7(12(17)18)5-14-9-4-8(13)15-16(9)10/h4-6,11H,1-3H3,(H,17,18). The van der Waals surface area contributed by atoms with Gasteiger partial charge in [-0.15, -0.1) is 0 Å². The highest BCUT2D eigenvalue weighted by Crippen LogP contribution is 2.28. The van der Waals surface area contributed by atoms with Gasteiger partial charge in [0.1, 0.15) is 11.7 Å². The van der Waals surface area contributed by atoms with Crippen LogP contribution < -0.4 is 0 Å². The molecule has 0 aliphatic rings. The Bertz CT molecular complexity index is 624. The predicted molar refractivity (Wildman–Crippen MR) is 69.5 cm³/mol. The Kier molecular flexibility index (Phi) is 3.73. The van der Waals surface area contributed by atoms with Crippen molar-refractivity contribution in [3.63, 3.8) is 0 Å². The molecule has 0 fully saturated rings. The molecule has 0 amide bonds. The Morgan fingerprint density at radius 1 is 1.53 bits per heavy atom. The first-order chi connectivity index (χ1) is 8.95. The van der Waals surface area contributed by atoms with Crippen LogP contribution in [-0.2, 0) is 4.74 Å². The van der Waals surface area contributed by atoms with E-state index in [1.54, 1.807) is 6.07 Å². The highest BCUT2D eigenvalue weighted by molar-refractivity contribution is 6.29. The fourth-order valence-electron chi connectivity index (χ4n) is 2.06. The van der Waals surface area contributed by atoms with E-state index in [4.69, 9.17) is 16.3 Å². The van der Waals surface area contributed by atoms with Crippen molar-refractivity contribution < 1.29 is 14.6 Å². The molecule has 2 rings (SSSR count). The van der Waals surface area contributed by atoms with Crippen molar-refractivity contribution in [3.8, 4) is 0 Å². The molecule has 0 spiro atoms. The van der Waals surface area contributed by atoms with Crippen LogP contribution in [0.2, 0.25) is 5.15 Å². The lowest BCUT2D eigenvalue weighted by molar-refractivity contribution is 0.0542. The molecular formula is C12H14ClN3O3. The van der Waals surface area contributed by atoms with Crippen LogP contribution >= 0.6 is 11.6 Å². The van der Waals surface area contributed by atoms with E-state index in [0.29, 0.717) is 11.3 Å². The van der Waals surface area contributed by atoms with E-state index in [0.717, 1.165) is 0 Å². The summed E-state index contributed by atoms with van der Waals surface area (Å²) in [6, 6.07) is 1.57. The minimum absolute atomic E-state index is 0.0628. The Balaban J connectivity index is 2.78. The Morgan fingerprint density at radius 3 is 2.74 bits per heavy atom. The smallest absolute Gasteiger partial charge is 0.339 e. The third-order valence-corrected chi connectivity index (χ3v) is 3.03. The lowest BCUT2D eigenvalue weighted by Crippen LogP contribution is -2.19. The van der Waals surface area contributed by atoms with Gasteiger partial charge in [-0.2, -0.15) is 5.10 Å². The summed E-state index contributed by atoms with van der Waals surface area (Å²) >= 11 is 5.85. The topological polar surface area (TPSA) is 76.7 Å². The average molecular weight is 284 g/mol. The van der Waals surface area contributed by atoms with Crippen molar-refractivity contribution in [1.82, 2.24) is 14.6 Å². The second-order valence-electron chi connectivity index (χ2n) is 4.50. The average Bonchev–Trinajstić information content (AvgIpc) is 2.69. The largest absolute Gasteiger partial charge is 0.478 e. The molecule has 7 heteroatoms. The number of carboxylic acid groups (broad SMARTS) is 1. The molecule has 2 aromatic rings. The Morgan fingerprint density at radius 2 is 2.21 bits per heavy atom. The van der Waals surface area contributed by atoms with Crippen molar-refractivity contribution in [2.45, 2.75) is 20.0 Å². The summed E-state index contributed by atoms with van der Waals surface area (Å²) in [6.07, 6.45) is 0.895. The molecule has 2 heterocycles. The van der Waals surface area contributed by atoms with Gasteiger partial charge in [0.05, 0.1) is 5.69 Å². The quantitative estimate of drug-likeness (QED) is 0.932. The van der Waals surface area contributed by atoms with Crippen LogP contribution in [0.4, 0.5) is 0 Å². The van der Waals surface area contributed by atoms with Gasteiger partial charge in [-0.05, 0) is 5.92 Å². The van der Waals surface area contributed by atoms with Crippen LogP contribution in [0.25, 0.3) is 5.65 Å². The minimum Gasteiger partial charge on any atom is -0.478 e. The fourth-order valence-corrected chi connectivity index (χ4v) is 2.23. The third-order valence-electron chi connectivity index (χ3n) is 2.85. The SMILES string of the molecule is COC(c1c(C(=O)O)cnc2cc(Cl)nn12)C(C)C. The first kappa shape index (κ1) is 13.8. The van der Waals surface area contributed by atoms with Gasteiger partial charge in [0.15, 0.2) is 10.8 Å². The van der Waals surface area contributed by atoms with E-state index in [-0.39, 0.29) is 16.6 Å². The zero-order valence-corrected chi connectivity index (χ0v) is 11.5. The molecule has 0 aliphatic carbocycles. The molecule has 0 saturated carbocycles. The van der Waals surface area contributed by atoms with E-state index >= 15 is 0 Å². The molecule has 19 heavy (non-hydrogen) atoms. The molecule has 0 aromatic carbocycles. The molecule has 0 radical (unpaired) electrons. The first-order valence-electron chi connectivity index (χ1n) is 5.76. The summed E-state index contributed by atoms with van der Waals surface area (Å²) in [7, 11) is 1.54. The normalized spacial score (nSPS) is 13.1. The number of rotatable bonds is 4. The van der Waals surface area contributed by atoms with Crippen molar-refractivity contribution in [2.24, 2.45) is 5.92 Å². The van der Waals surface area contributed by atoms with Crippen LogP contribution in [0.5, 0.6) is 0 Å². The number of aromatic nitrogens is 3. The zero-order chi connectivity index (χ0) is 14.2. The van der Waals surface area contributed by atoms with Crippen LogP contribution in [-0.4, -0.2) is 32.8 Å². The van der Waals surface area contributed by atoms with E-state index in [2.05, 4.69) is 10.1 Å². The van der Waals surface area contributed by atoms with Crippen LogP contribution in [0.3, 0.4) is 0 Å². The zero-order valence-electron chi connectivity index (χ0n) is 10.8. The maximum atomic E-state index is 11.3. The van der Waals surface area contributed by atoms with Gasteiger partial charge in [0.25, 0.3) is 0 Å².